The summed E-state index contributed by atoms with van der Waals surface area (Å²) in [6.45, 7) is 3.18. The van der Waals surface area contributed by atoms with Crippen molar-refractivity contribution in [3.63, 3.8) is 0 Å². The molecule has 0 spiro atoms. The summed E-state index contributed by atoms with van der Waals surface area (Å²) in [5.74, 6) is 0.291. The highest BCUT2D eigenvalue weighted by molar-refractivity contribution is 5.87. The number of carbonyl (C=O) groups is 2. The largest absolute Gasteiger partial charge is 0.335 e. The van der Waals surface area contributed by atoms with Crippen molar-refractivity contribution in [2.45, 2.75) is 39.0 Å². The van der Waals surface area contributed by atoms with Crippen molar-refractivity contribution in [3.8, 4) is 0 Å². The van der Waals surface area contributed by atoms with Crippen molar-refractivity contribution in [1.29, 1.82) is 0 Å². The molecule has 0 aromatic heterocycles. The number of Topliss-reactive ketones (excluding diaryl/α,β-unsaturated/α-hetero) is 1. The second-order valence-electron chi connectivity index (χ2n) is 5.13. The smallest absolute Gasteiger partial charge is 0.223 e. The minimum absolute atomic E-state index is 0.104. The molecule has 1 saturated heterocycles. The van der Waals surface area contributed by atoms with E-state index in [0.717, 1.165) is 25.8 Å². The summed E-state index contributed by atoms with van der Waals surface area (Å²) >= 11 is 0. The molecule has 1 aromatic rings. The third-order valence-electron chi connectivity index (χ3n) is 3.66. The Morgan fingerprint density at radius 3 is 2.53 bits per heavy atom. The summed E-state index contributed by atoms with van der Waals surface area (Å²) < 4.78 is 0. The van der Waals surface area contributed by atoms with Crippen LogP contribution in [0.15, 0.2) is 24.3 Å². The monoisotopic (exact) mass is 259 g/mol. The van der Waals surface area contributed by atoms with E-state index < -0.39 is 0 Å². The zero-order chi connectivity index (χ0) is 13.7. The van der Waals surface area contributed by atoms with Crippen molar-refractivity contribution in [2.24, 2.45) is 0 Å². The Morgan fingerprint density at radius 2 is 1.89 bits per heavy atom. The lowest BCUT2D eigenvalue weighted by atomic mass is 10.0. The molecule has 1 aromatic carbocycles. The van der Waals surface area contributed by atoms with Gasteiger partial charge in [-0.25, -0.2) is 0 Å². The lowest BCUT2D eigenvalue weighted by Crippen LogP contribution is -2.40. The van der Waals surface area contributed by atoms with Gasteiger partial charge in [-0.3, -0.25) is 9.59 Å². The molecule has 0 N–H and O–H groups in total. The molecule has 102 valence electrons. The standard InChI is InChI=1S/C16H21NO2/c1-2-13-5-7-14(8-6-13)9-10-16(19)17-11-3-4-15(18)12-17/h5-8H,2-4,9-12H2,1H3. The van der Waals surface area contributed by atoms with Crippen molar-refractivity contribution >= 4 is 11.7 Å². The molecule has 1 heterocycles. The second kappa shape index (κ2) is 6.50. The Kier molecular flexibility index (Phi) is 4.72. The summed E-state index contributed by atoms with van der Waals surface area (Å²) in [7, 11) is 0. The van der Waals surface area contributed by atoms with E-state index in [2.05, 4.69) is 31.2 Å². The Morgan fingerprint density at radius 1 is 1.21 bits per heavy atom. The van der Waals surface area contributed by atoms with Crippen LogP contribution in [0.3, 0.4) is 0 Å². The van der Waals surface area contributed by atoms with Crippen molar-refractivity contribution in [1.82, 2.24) is 4.90 Å². The Balaban J connectivity index is 1.83. The number of rotatable bonds is 4. The molecular weight excluding hydrogens is 238 g/mol. The highest BCUT2D eigenvalue weighted by atomic mass is 16.2. The van der Waals surface area contributed by atoms with Crippen LogP contribution in [0.4, 0.5) is 0 Å². The molecule has 2 rings (SSSR count). The van der Waals surface area contributed by atoms with Gasteiger partial charge in [-0.1, -0.05) is 31.2 Å². The fourth-order valence-electron chi connectivity index (χ4n) is 2.40. The van der Waals surface area contributed by atoms with Crippen molar-refractivity contribution in [3.05, 3.63) is 35.4 Å². The maximum Gasteiger partial charge on any atom is 0.223 e. The highest BCUT2D eigenvalue weighted by Gasteiger charge is 2.20. The quantitative estimate of drug-likeness (QED) is 0.832. The van der Waals surface area contributed by atoms with E-state index in [-0.39, 0.29) is 11.7 Å². The number of hydrogen-bond donors (Lipinski definition) is 0. The van der Waals surface area contributed by atoms with Gasteiger partial charge in [0.25, 0.3) is 0 Å². The van der Waals surface area contributed by atoms with Crippen LogP contribution in [0.2, 0.25) is 0 Å². The Hall–Kier alpha value is -1.64. The number of nitrogens with zero attached hydrogens (tertiary/aromatic N) is 1. The summed E-state index contributed by atoms with van der Waals surface area (Å²) in [6.07, 6.45) is 3.74. The molecule has 1 fully saturated rings. The van der Waals surface area contributed by atoms with E-state index in [4.69, 9.17) is 0 Å². The molecule has 0 radical (unpaired) electrons. The maximum absolute atomic E-state index is 12.0. The maximum atomic E-state index is 12.0. The second-order valence-corrected chi connectivity index (χ2v) is 5.13. The summed E-state index contributed by atoms with van der Waals surface area (Å²) in [5.41, 5.74) is 2.51. The molecule has 19 heavy (non-hydrogen) atoms. The predicted molar refractivity (Wildman–Crippen MR) is 75.0 cm³/mol. The first kappa shape index (κ1) is 13.8. The summed E-state index contributed by atoms with van der Waals surface area (Å²) in [5, 5.41) is 0. The fourth-order valence-corrected chi connectivity index (χ4v) is 2.40. The van der Waals surface area contributed by atoms with Crippen LogP contribution in [0.25, 0.3) is 0 Å². The van der Waals surface area contributed by atoms with Gasteiger partial charge in [0.05, 0.1) is 6.54 Å². The molecule has 1 amide bonds. The number of benzene rings is 1. The van der Waals surface area contributed by atoms with Crippen LogP contribution in [0, 0.1) is 0 Å². The first-order valence-electron chi connectivity index (χ1n) is 7.06. The fraction of sp³-hybridized carbons (Fsp3) is 0.500. The summed E-state index contributed by atoms with van der Waals surface area (Å²) in [4.78, 5) is 25.0. The molecule has 0 unspecified atom stereocenters. The molecule has 1 aliphatic rings. The van der Waals surface area contributed by atoms with Crippen LogP contribution in [0.1, 0.15) is 37.3 Å². The van der Waals surface area contributed by atoms with Crippen LogP contribution in [-0.2, 0) is 22.4 Å². The average Bonchev–Trinajstić information content (AvgIpc) is 2.45. The molecule has 0 bridgehead atoms. The lowest BCUT2D eigenvalue weighted by Gasteiger charge is -2.25. The Labute approximate surface area is 114 Å². The van der Waals surface area contributed by atoms with Gasteiger partial charge >= 0.3 is 0 Å². The number of carbonyl (C=O) groups excluding carboxylic acids is 2. The van der Waals surface area contributed by atoms with Gasteiger partial charge in [-0.2, -0.15) is 0 Å². The van der Waals surface area contributed by atoms with Gasteiger partial charge in [0.15, 0.2) is 5.78 Å². The van der Waals surface area contributed by atoms with E-state index in [0.29, 0.717) is 19.4 Å². The number of aryl methyl sites for hydroxylation is 2. The number of amides is 1. The summed E-state index contributed by atoms with van der Waals surface area (Å²) in [6, 6.07) is 8.41. The minimum atomic E-state index is 0.104. The first-order valence-corrected chi connectivity index (χ1v) is 7.06. The zero-order valence-corrected chi connectivity index (χ0v) is 11.5. The van der Waals surface area contributed by atoms with Gasteiger partial charge < -0.3 is 4.90 Å². The molecule has 3 nitrogen and oxygen atoms in total. The van der Waals surface area contributed by atoms with Gasteiger partial charge in [0.2, 0.25) is 5.91 Å². The molecular formula is C16H21NO2. The van der Waals surface area contributed by atoms with E-state index in [1.807, 2.05) is 0 Å². The van der Waals surface area contributed by atoms with Gasteiger partial charge in [0, 0.05) is 19.4 Å². The van der Waals surface area contributed by atoms with E-state index in [1.54, 1.807) is 4.90 Å². The zero-order valence-electron chi connectivity index (χ0n) is 11.5. The molecule has 0 atom stereocenters. The molecule has 0 aliphatic carbocycles. The van der Waals surface area contributed by atoms with Gasteiger partial charge in [-0.05, 0) is 30.4 Å². The SMILES string of the molecule is CCc1ccc(CCC(=O)N2CCCC(=O)C2)cc1. The van der Waals surface area contributed by atoms with E-state index in [9.17, 15) is 9.59 Å². The van der Waals surface area contributed by atoms with E-state index >= 15 is 0 Å². The van der Waals surface area contributed by atoms with Crippen LogP contribution in [-0.4, -0.2) is 29.7 Å². The van der Waals surface area contributed by atoms with Crippen LogP contribution >= 0.6 is 0 Å². The van der Waals surface area contributed by atoms with E-state index in [1.165, 1.54) is 11.1 Å². The normalized spacial score (nSPS) is 15.6. The number of likely N-dealkylation sites (tertiary alicyclic amines) is 1. The molecule has 1 aliphatic heterocycles. The first-order chi connectivity index (χ1) is 9.19. The highest BCUT2D eigenvalue weighted by Crippen LogP contribution is 2.11. The molecule has 3 heteroatoms. The Bertz CT molecular complexity index is 450. The lowest BCUT2D eigenvalue weighted by molar-refractivity contribution is -0.137. The van der Waals surface area contributed by atoms with Gasteiger partial charge in [-0.15, -0.1) is 0 Å². The van der Waals surface area contributed by atoms with Crippen molar-refractivity contribution < 1.29 is 9.59 Å². The number of ketones is 1. The third-order valence-corrected chi connectivity index (χ3v) is 3.66. The average molecular weight is 259 g/mol. The number of piperidine rings is 1. The predicted octanol–water partition coefficient (Wildman–Crippen LogP) is 2.37. The third kappa shape index (κ3) is 3.91. The van der Waals surface area contributed by atoms with Crippen LogP contribution < -0.4 is 0 Å². The minimum Gasteiger partial charge on any atom is -0.335 e. The topological polar surface area (TPSA) is 37.4 Å². The van der Waals surface area contributed by atoms with Crippen LogP contribution in [0.5, 0.6) is 0 Å². The molecule has 0 saturated carbocycles. The number of hydrogen-bond acceptors (Lipinski definition) is 2. The van der Waals surface area contributed by atoms with Gasteiger partial charge in [0.1, 0.15) is 0 Å². The van der Waals surface area contributed by atoms with Crippen molar-refractivity contribution in [2.75, 3.05) is 13.1 Å².